The van der Waals surface area contributed by atoms with Crippen LogP contribution in [0.3, 0.4) is 0 Å². The van der Waals surface area contributed by atoms with Gasteiger partial charge in [-0.1, -0.05) is 202 Å². The molecule has 0 amide bonds. The number of esters is 3. The highest BCUT2D eigenvalue weighted by molar-refractivity contribution is 5.71. The minimum Gasteiger partial charge on any atom is -0.462 e. The Bertz CT molecular complexity index is 1220. The van der Waals surface area contributed by atoms with Gasteiger partial charge in [0.05, 0.1) is 0 Å². The van der Waals surface area contributed by atoms with Gasteiger partial charge >= 0.3 is 17.9 Å². The zero-order valence-corrected chi connectivity index (χ0v) is 40.4. The highest BCUT2D eigenvalue weighted by Gasteiger charge is 2.19. The Morgan fingerprint density at radius 3 is 1.18 bits per heavy atom. The molecule has 0 aromatic rings. The number of allylic oxidation sites excluding steroid dienone is 14. The molecule has 0 aliphatic heterocycles. The Morgan fingerprint density at radius 1 is 0.355 bits per heavy atom. The first-order valence-electron chi connectivity index (χ1n) is 25.6. The molecule has 1 unspecified atom stereocenters. The van der Waals surface area contributed by atoms with Gasteiger partial charge in [0, 0.05) is 19.3 Å². The summed E-state index contributed by atoms with van der Waals surface area (Å²) in [5.74, 6) is -0.965. The molecular formula is C56H94O6. The lowest BCUT2D eigenvalue weighted by Crippen LogP contribution is -2.30. The van der Waals surface area contributed by atoms with Crippen molar-refractivity contribution in [3.8, 4) is 0 Å². The summed E-state index contributed by atoms with van der Waals surface area (Å²) >= 11 is 0. The molecule has 6 heteroatoms. The Labute approximate surface area is 382 Å². The van der Waals surface area contributed by atoms with Crippen molar-refractivity contribution in [2.24, 2.45) is 0 Å². The van der Waals surface area contributed by atoms with Gasteiger partial charge < -0.3 is 14.2 Å². The third-order valence-electron chi connectivity index (χ3n) is 10.7. The first-order chi connectivity index (χ1) is 30.5. The molecule has 0 aromatic heterocycles. The van der Waals surface area contributed by atoms with E-state index in [9.17, 15) is 14.4 Å². The fourth-order valence-corrected chi connectivity index (χ4v) is 6.83. The van der Waals surface area contributed by atoms with Crippen LogP contribution in [0.15, 0.2) is 85.1 Å². The lowest BCUT2D eigenvalue weighted by molar-refractivity contribution is -0.167. The van der Waals surface area contributed by atoms with Gasteiger partial charge in [0.2, 0.25) is 0 Å². The summed E-state index contributed by atoms with van der Waals surface area (Å²) in [5, 5.41) is 0. The van der Waals surface area contributed by atoms with E-state index < -0.39 is 6.10 Å². The molecule has 0 bridgehead atoms. The van der Waals surface area contributed by atoms with Crippen molar-refractivity contribution in [1.29, 1.82) is 0 Å². The lowest BCUT2D eigenvalue weighted by Gasteiger charge is -2.18. The molecule has 0 saturated carbocycles. The molecule has 0 saturated heterocycles. The van der Waals surface area contributed by atoms with Crippen LogP contribution in [0.4, 0.5) is 0 Å². The number of carbonyl (C=O) groups is 3. The van der Waals surface area contributed by atoms with Gasteiger partial charge in [0.25, 0.3) is 0 Å². The molecular weight excluding hydrogens is 769 g/mol. The van der Waals surface area contributed by atoms with Gasteiger partial charge in [-0.15, -0.1) is 0 Å². The molecule has 62 heavy (non-hydrogen) atoms. The Hall–Kier alpha value is -3.41. The van der Waals surface area contributed by atoms with Crippen LogP contribution in [-0.2, 0) is 28.6 Å². The second-order valence-corrected chi connectivity index (χ2v) is 16.8. The highest BCUT2D eigenvalue weighted by atomic mass is 16.6. The van der Waals surface area contributed by atoms with Crippen LogP contribution >= 0.6 is 0 Å². The average molecular weight is 863 g/mol. The number of hydrogen-bond donors (Lipinski definition) is 0. The first-order valence-corrected chi connectivity index (χ1v) is 25.6. The maximum absolute atomic E-state index is 12.8. The van der Waals surface area contributed by atoms with Gasteiger partial charge in [0.15, 0.2) is 6.10 Å². The van der Waals surface area contributed by atoms with E-state index in [4.69, 9.17) is 14.2 Å². The van der Waals surface area contributed by atoms with Gasteiger partial charge in [-0.2, -0.15) is 0 Å². The number of rotatable bonds is 45. The number of carbonyl (C=O) groups excluding carboxylic acids is 3. The summed E-state index contributed by atoms with van der Waals surface area (Å²) in [6.07, 6.45) is 64.2. The SMILES string of the molecule is CC\C=C/C=C\C=C/C=C\CCCCCC(=O)OCC(COC(=O)CCCCCCCCC/C=C\C/C=C\CCCCC)OC(=O)CCCCC/C=C\CCCCCCCCC. The monoisotopic (exact) mass is 863 g/mol. The smallest absolute Gasteiger partial charge is 0.306 e. The van der Waals surface area contributed by atoms with Crippen LogP contribution < -0.4 is 0 Å². The minimum atomic E-state index is -0.803. The predicted octanol–water partition coefficient (Wildman–Crippen LogP) is 16.8. The molecule has 0 fully saturated rings. The first kappa shape index (κ1) is 58.6. The standard InChI is InChI=1S/C56H94O6/c1-4-7-10-13-16-19-22-25-27-28-29-32-34-37-40-43-46-49-55(58)61-52-53(51-60-54(57)48-45-42-39-36-33-30-24-21-18-15-12-9-6-3)62-56(59)50-47-44-41-38-35-31-26-23-20-17-14-11-8-5-2/h9,12,15-16,18-19,21,24-25,27,30-31,33,35,53H,4-8,10-11,13-14,17,20,22-23,26,28-29,32,34,36-52H2,1-3H3/b12-9-,18-15-,19-16-,24-21-,27-25-,33-30-,35-31-. The molecule has 0 aliphatic rings. The van der Waals surface area contributed by atoms with Gasteiger partial charge in [0.1, 0.15) is 13.2 Å². The third kappa shape index (κ3) is 47.6. The molecule has 0 N–H and O–H groups in total. The second-order valence-electron chi connectivity index (χ2n) is 16.8. The Morgan fingerprint density at radius 2 is 0.694 bits per heavy atom. The summed E-state index contributed by atoms with van der Waals surface area (Å²) in [6.45, 7) is 6.41. The minimum absolute atomic E-state index is 0.100. The highest BCUT2D eigenvalue weighted by Crippen LogP contribution is 2.13. The summed E-state index contributed by atoms with van der Waals surface area (Å²) in [4.78, 5) is 37.9. The number of ether oxygens (including phenoxy) is 3. The van der Waals surface area contributed by atoms with Crippen LogP contribution in [0.1, 0.15) is 233 Å². The van der Waals surface area contributed by atoms with Crippen molar-refractivity contribution in [1.82, 2.24) is 0 Å². The zero-order chi connectivity index (χ0) is 45.1. The van der Waals surface area contributed by atoms with Crippen molar-refractivity contribution in [2.45, 2.75) is 239 Å². The molecule has 0 heterocycles. The Balaban J connectivity index is 4.46. The fourth-order valence-electron chi connectivity index (χ4n) is 6.83. The quantitative estimate of drug-likeness (QED) is 0.0199. The summed E-state index contributed by atoms with van der Waals surface area (Å²) in [6, 6.07) is 0. The van der Waals surface area contributed by atoms with Crippen LogP contribution in [0.2, 0.25) is 0 Å². The Kier molecular flexibility index (Phi) is 47.5. The maximum atomic E-state index is 12.8. The molecule has 354 valence electrons. The maximum Gasteiger partial charge on any atom is 0.306 e. The van der Waals surface area contributed by atoms with Crippen molar-refractivity contribution in [3.63, 3.8) is 0 Å². The topological polar surface area (TPSA) is 78.9 Å². The van der Waals surface area contributed by atoms with E-state index in [1.807, 2.05) is 36.5 Å². The van der Waals surface area contributed by atoms with Crippen molar-refractivity contribution in [3.05, 3.63) is 85.1 Å². The predicted molar refractivity (Wildman–Crippen MR) is 265 cm³/mol. The molecule has 6 nitrogen and oxygen atoms in total. The van der Waals surface area contributed by atoms with E-state index in [0.29, 0.717) is 19.3 Å². The number of hydrogen-bond acceptors (Lipinski definition) is 6. The molecule has 1 atom stereocenters. The number of unbranched alkanes of at least 4 members (excludes halogenated alkanes) is 23. The van der Waals surface area contributed by atoms with E-state index in [1.54, 1.807) is 0 Å². The zero-order valence-electron chi connectivity index (χ0n) is 40.4. The van der Waals surface area contributed by atoms with Gasteiger partial charge in [-0.3, -0.25) is 14.4 Å². The van der Waals surface area contributed by atoms with Crippen LogP contribution in [-0.4, -0.2) is 37.2 Å². The summed E-state index contributed by atoms with van der Waals surface area (Å²) < 4.78 is 16.7. The second kappa shape index (κ2) is 50.2. The molecule has 0 aromatic carbocycles. The van der Waals surface area contributed by atoms with Gasteiger partial charge in [-0.25, -0.2) is 0 Å². The largest absolute Gasteiger partial charge is 0.462 e. The molecule has 0 radical (unpaired) electrons. The van der Waals surface area contributed by atoms with Crippen molar-refractivity contribution < 1.29 is 28.6 Å². The normalized spacial score (nSPS) is 12.8. The lowest BCUT2D eigenvalue weighted by atomic mass is 10.1. The van der Waals surface area contributed by atoms with Crippen molar-refractivity contribution >= 4 is 17.9 Å². The fraction of sp³-hybridized carbons (Fsp3) is 0.696. The average Bonchev–Trinajstić information content (AvgIpc) is 3.27. The van der Waals surface area contributed by atoms with Crippen LogP contribution in [0.5, 0.6) is 0 Å². The van der Waals surface area contributed by atoms with E-state index in [2.05, 4.69) is 69.4 Å². The summed E-state index contributed by atoms with van der Waals surface area (Å²) in [7, 11) is 0. The van der Waals surface area contributed by atoms with E-state index in [0.717, 1.165) is 96.3 Å². The van der Waals surface area contributed by atoms with Crippen LogP contribution in [0.25, 0.3) is 0 Å². The van der Waals surface area contributed by atoms with E-state index in [-0.39, 0.29) is 31.1 Å². The molecule has 0 aliphatic carbocycles. The summed E-state index contributed by atoms with van der Waals surface area (Å²) in [5.41, 5.74) is 0. The van der Waals surface area contributed by atoms with Crippen LogP contribution in [0, 0.1) is 0 Å². The molecule has 0 spiro atoms. The van der Waals surface area contributed by atoms with E-state index in [1.165, 1.54) is 96.3 Å². The molecule has 0 rings (SSSR count). The third-order valence-corrected chi connectivity index (χ3v) is 10.7. The van der Waals surface area contributed by atoms with E-state index >= 15 is 0 Å². The van der Waals surface area contributed by atoms with Gasteiger partial charge in [-0.05, 0) is 96.3 Å². The van der Waals surface area contributed by atoms with Crippen molar-refractivity contribution in [2.75, 3.05) is 13.2 Å².